The van der Waals surface area contributed by atoms with Gasteiger partial charge in [-0.25, -0.2) is 0 Å². The Morgan fingerprint density at radius 1 is 0.857 bits per heavy atom. The summed E-state index contributed by atoms with van der Waals surface area (Å²) in [6.45, 7) is 4.17. The van der Waals surface area contributed by atoms with E-state index in [-0.39, 0.29) is 6.04 Å². The molecule has 0 spiro atoms. The largest absolute Gasteiger partial charge is 0.497 e. The van der Waals surface area contributed by atoms with E-state index in [0.29, 0.717) is 12.6 Å². The van der Waals surface area contributed by atoms with Gasteiger partial charge in [-0.1, -0.05) is 30.3 Å². The zero-order valence-electron chi connectivity index (χ0n) is 20.0. The van der Waals surface area contributed by atoms with Crippen molar-refractivity contribution in [2.75, 3.05) is 44.7 Å². The molecule has 35 heavy (non-hydrogen) atoms. The van der Waals surface area contributed by atoms with E-state index in [0.717, 1.165) is 82.9 Å². The quantitative estimate of drug-likeness (QED) is 0.390. The van der Waals surface area contributed by atoms with E-state index >= 15 is 4.48 Å². The van der Waals surface area contributed by atoms with Crippen LogP contribution in [0.4, 0.5) is 10.2 Å². The molecular formula is C28H30FN5O. The van der Waals surface area contributed by atoms with E-state index in [1.165, 1.54) is 0 Å². The number of benzene rings is 2. The number of pyridine rings is 2. The van der Waals surface area contributed by atoms with Gasteiger partial charge in [0, 0.05) is 68.0 Å². The summed E-state index contributed by atoms with van der Waals surface area (Å²) < 4.78 is 20.6. The van der Waals surface area contributed by atoms with E-state index in [9.17, 15) is 0 Å². The molecule has 2 aliphatic rings. The molecule has 2 saturated heterocycles. The van der Waals surface area contributed by atoms with Crippen LogP contribution < -0.4 is 9.64 Å². The van der Waals surface area contributed by atoms with Gasteiger partial charge in [-0.15, -0.1) is 9.60 Å². The van der Waals surface area contributed by atoms with Crippen LogP contribution in [-0.4, -0.2) is 65.9 Å². The fourth-order valence-corrected chi connectivity index (χ4v) is 5.76. The van der Waals surface area contributed by atoms with Gasteiger partial charge >= 0.3 is 0 Å². The van der Waals surface area contributed by atoms with Gasteiger partial charge < -0.3 is 9.64 Å². The molecule has 4 aromatic rings. The Balaban J connectivity index is 1.19. The van der Waals surface area contributed by atoms with Crippen molar-refractivity contribution in [2.24, 2.45) is 0 Å². The normalized spacial score (nSPS) is 22.1. The number of ether oxygens (including phenoxy) is 1. The molecule has 0 aliphatic carbocycles. The Morgan fingerprint density at radius 2 is 1.60 bits per heavy atom. The first-order valence-electron chi connectivity index (χ1n) is 12.4. The molecule has 6 rings (SSSR count). The third-order valence-electron chi connectivity index (χ3n) is 7.60. The molecule has 2 aromatic carbocycles. The predicted octanol–water partition coefficient (Wildman–Crippen LogP) is 5.00. The summed E-state index contributed by atoms with van der Waals surface area (Å²) >= 11 is 0. The van der Waals surface area contributed by atoms with Crippen molar-refractivity contribution in [3.05, 3.63) is 72.6 Å². The fraction of sp³-hybridized carbons (Fsp3) is 0.357. The van der Waals surface area contributed by atoms with Crippen molar-refractivity contribution in [1.29, 1.82) is 0 Å². The van der Waals surface area contributed by atoms with Crippen LogP contribution in [0.2, 0.25) is 0 Å². The third kappa shape index (κ3) is 4.19. The van der Waals surface area contributed by atoms with Crippen LogP contribution in [0.15, 0.2) is 67.0 Å². The highest BCUT2D eigenvalue weighted by Crippen LogP contribution is 2.37. The minimum atomic E-state index is -0.267. The number of hydrogen-bond donors (Lipinski definition) is 0. The summed E-state index contributed by atoms with van der Waals surface area (Å²) in [6, 6.07) is 18.3. The van der Waals surface area contributed by atoms with Gasteiger partial charge in [-0.3, -0.25) is 14.9 Å². The van der Waals surface area contributed by atoms with Crippen LogP contribution in [0.25, 0.3) is 21.8 Å². The van der Waals surface area contributed by atoms with Crippen molar-refractivity contribution in [3.63, 3.8) is 0 Å². The molecule has 0 amide bonds. The molecule has 2 aromatic heterocycles. The highest BCUT2D eigenvalue weighted by atomic mass is 19.2. The van der Waals surface area contributed by atoms with E-state index < -0.39 is 0 Å². The van der Waals surface area contributed by atoms with Crippen molar-refractivity contribution in [1.82, 2.24) is 20.0 Å². The monoisotopic (exact) mass is 471 g/mol. The first-order valence-corrected chi connectivity index (χ1v) is 12.4. The Kier molecular flexibility index (Phi) is 5.96. The summed E-state index contributed by atoms with van der Waals surface area (Å²) in [5.74, 6) is 0.852. The molecular weight excluding hydrogens is 441 g/mol. The summed E-state index contributed by atoms with van der Waals surface area (Å²) in [6.07, 6.45) is 5.26. The second-order valence-electron chi connectivity index (χ2n) is 9.48. The number of halogens is 1. The molecule has 4 heterocycles. The van der Waals surface area contributed by atoms with Crippen molar-refractivity contribution < 1.29 is 9.22 Å². The Hall–Kier alpha value is -3.29. The standard InChI is InChI=1S/C28H30FN5O/c1-35-23-17-21-7-4-11-31-28(21)26(19-23)33-15-13-32(14-16-33)22-9-12-34(29)25(18-22)24-8-2-5-20-6-3-10-30-27(20)24/h2-8,10-11,17,19,22,25H,9,12-16,18H2,1H3. The Bertz CT molecular complexity index is 1330. The lowest BCUT2D eigenvalue weighted by atomic mass is 9.91. The number of methoxy groups -OCH3 is 1. The van der Waals surface area contributed by atoms with E-state index in [1.54, 1.807) is 13.3 Å². The molecule has 2 unspecified atom stereocenters. The first-order chi connectivity index (χ1) is 17.2. The predicted molar refractivity (Wildman–Crippen MR) is 137 cm³/mol. The molecule has 6 nitrogen and oxygen atoms in total. The lowest BCUT2D eigenvalue weighted by molar-refractivity contribution is -0.0693. The summed E-state index contributed by atoms with van der Waals surface area (Å²) in [4.78, 5) is 14.2. The molecule has 2 fully saturated rings. The lowest BCUT2D eigenvalue weighted by Gasteiger charge is -2.44. The van der Waals surface area contributed by atoms with Crippen LogP contribution in [0.5, 0.6) is 5.75 Å². The molecule has 2 atom stereocenters. The van der Waals surface area contributed by atoms with Crippen LogP contribution in [0, 0.1) is 0 Å². The number of aromatic nitrogens is 2. The molecule has 7 heteroatoms. The van der Waals surface area contributed by atoms with Gasteiger partial charge in [0.15, 0.2) is 0 Å². The molecule has 0 bridgehead atoms. The number of piperidine rings is 1. The lowest BCUT2D eigenvalue weighted by Crippen LogP contribution is -2.53. The maximum Gasteiger partial charge on any atom is 0.121 e. The van der Waals surface area contributed by atoms with Gasteiger partial charge in [-0.05, 0) is 36.6 Å². The molecule has 180 valence electrons. The number of hydrogen-bond acceptors (Lipinski definition) is 6. The minimum absolute atomic E-state index is 0.267. The SMILES string of the molecule is COc1cc(N2CCN(C3CCN(F)C(c4cccc5cccnc45)C3)CC2)c2ncccc2c1. The second kappa shape index (κ2) is 9.40. The number of rotatable bonds is 4. The van der Waals surface area contributed by atoms with Crippen molar-refractivity contribution in [3.8, 4) is 5.75 Å². The van der Waals surface area contributed by atoms with Crippen LogP contribution in [0.1, 0.15) is 24.4 Å². The van der Waals surface area contributed by atoms with E-state index in [2.05, 4.69) is 31.9 Å². The zero-order chi connectivity index (χ0) is 23.8. The van der Waals surface area contributed by atoms with Crippen molar-refractivity contribution >= 4 is 27.5 Å². The van der Waals surface area contributed by atoms with Gasteiger partial charge in [0.2, 0.25) is 0 Å². The number of fused-ring (bicyclic) bond motifs is 2. The van der Waals surface area contributed by atoms with E-state index in [1.807, 2.05) is 48.7 Å². The summed E-state index contributed by atoms with van der Waals surface area (Å²) in [5, 5.41) is 3.17. The maximum absolute atomic E-state index is 15.1. The fourth-order valence-electron chi connectivity index (χ4n) is 5.76. The molecule has 0 N–H and O–H groups in total. The molecule has 2 aliphatic heterocycles. The average molecular weight is 472 g/mol. The van der Waals surface area contributed by atoms with Gasteiger partial charge in [0.05, 0.1) is 29.9 Å². The first kappa shape index (κ1) is 22.2. The summed E-state index contributed by atoms with van der Waals surface area (Å²) in [7, 11) is 1.71. The Labute approximate surface area is 204 Å². The topological polar surface area (TPSA) is 44.7 Å². The van der Waals surface area contributed by atoms with Crippen molar-refractivity contribution in [2.45, 2.75) is 24.9 Å². The maximum atomic E-state index is 15.1. The number of para-hydroxylation sites is 1. The Morgan fingerprint density at radius 3 is 2.40 bits per heavy atom. The minimum Gasteiger partial charge on any atom is -0.497 e. The average Bonchev–Trinajstić information content (AvgIpc) is 2.92. The van der Waals surface area contributed by atoms with Crippen LogP contribution >= 0.6 is 0 Å². The molecule has 0 saturated carbocycles. The number of piperazine rings is 1. The second-order valence-corrected chi connectivity index (χ2v) is 9.48. The van der Waals surface area contributed by atoms with Gasteiger partial charge in [-0.2, -0.15) is 0 Å². The highest BCUT2D eigenvalue weighted by Gasteiger charge is 2.35. The highest BCUT2D eigenvalue weighted by molar-refractivity contribution is 5.92. The third-order valence-corrected chi connectivity index (χ3v) is 7.60. The van der Waals surface area contributed by atoms with Gasteiger partial charge in [0.1, 0.15) is 5.75 Å². The number of nitrogens with zero attached hydrogens (tertiary/aromatic N) is 5. The van der Waals surface area contributed by atoms with Crippen LogP contribution in [-0.2, 0) is 0 Å². The summed E-state index contributed by atoms with van der Waals surface area (Å²) in [5.41, 5.74) is 4.03. The number of anilines is 1. The smallest absolute Gasteiger partial charge is 0.121 e. The van der Waals surface area contributed by atoms with Crippen LogP contribution in [0.3, 0.4) is 0 Å². The molecule has 0 radical (unpaired) electrons. The zero-order valence-corrected chi connectivity index (χ0v) is 20.0. The van der Waals surface area contributed by atoms with E-state index in [4.69, 9.17) is 4.74 Å². The van der Waals surface area contributed by atoms with Gasteiger partial charge in [0.25, 0.3) is 0 Å².